The first-order chi connectivity index (χ1) is 15.3. The van der Waals surface area contributed by atoms with Gasteiger partial charge in [-0.2, -0.15) is 28.4 Å². The summed E-state index contributed by atoms with van der Waals surface area (Å²) in [7, 11) is 3.57. The lowest BCUT2D eigenvalue weighted by molar-refractivity contribution is -0.137. The van der Waals surface area contributed by atoms with Gasteiger partial charge < -0.3 is 10.6 Å². The van der Waals surface area contributed by atoms with Crippen molar-refractivity contribution in [1.82, 2.24) is 29.5 Å². The van der Waals surface area contributed by atoms with Gasteiger partial charge in [0.25, 0.3) is 0 Å². The molecular weight excluding hydrogens is 421 g/mol. The van der Waals surface area contributed by atoms with Crippen LogP contribution in [0.5, 0.6) is 0 Å². The van der Waals surface area contributed by atoms with Gasteiger partial charge in [-0.05, 0) is 36.4 Å². The van der Waals surface area contributed by atoms with E-state index in [9.17, 15) is 13.2 Å². The van der Waals surface area contributed by atoms with Crippen LogP contribution in [0.2, 0.25) is 0 Å². The third-order valence-electron chi connectivity index (χ3n) is 5.11. The lowest BCUT2D eigenvalue weighted by Crippen LogP contribution is -2.12. The largest absolute Gasteiger partial charge is 0.421 e. The Hall–Kier alpha value is -4.15. The van der Waals surface area contributed by atoms with Crippen LogP contribution in [0.15, 0.2) is 55.0 Å². The summed E-state index contributed by atoms with van der Waals surface area (Å²) >= 11 is 0. The fraction of sp³-hybridized carbons (Fsp3) is 0.143. The molecule has 0 atom stereocenters. The predicted molar refractivity (Wildman–Crippen MR) is 115 cm³/mol. The van der Waals surface area contributed by atoms with Gasteiger partial charge in [-0.25, -0.2) is 4.98 Å². The molecule has 11 heteroatoms. The second-order valence-electron chi connectivity index (χ2n) is 7.29. The van der Waals surface area contributed by atoms with E-state index in [0.717, 1.165) is 28.0 Å². The summed E-state index contributed by atoms with van der Waals surface area (Å²) in [6.07, 6.45) is -0.436. The average molecular weight is 438 g/mol. The third kappa shape index (κ3) is 3.57. The number of aryl methyl sites for hydroxylation is 2. The molecule has 5 aromatic rings. The fourth-order valence-corrected chi connectivity index (χ4v) is 3.45. The molecule has 32 heavy (non-hydrogen) atoms. The molecule has 2 aromatic carbocycles. The van der Waals surface area contributed by atoms with Crippen molar-refractivity contribution in [2.24, 2.45) is 14.1 Å². The Morgan fingerprint density at radius 1 is 0.781 bits per heavy atom. The SMILES string of the molecule is Cn1ncc2ccc(Nc3ncc(C(F)(F)F)c(Nc4ccc5cnn(C)c5c4)n3)cc21. The van der Waals surface area contributed by atoms with E-state index in [-0.39, 0.29) is 11.8 Å². The summed E-state index contributed by atoms with van der Waals surface area (Å²) < 4.78 is 44.1. The standard InChI is InChI=1S/C21H17F3N8/c1-31-17-7-14(5-3-12(17)9-26-31)28-19-16(21(22,23)24)11-25-20(30-19)29-15-6-4-13-10-27-32(2)18(13)8-15/h3-11H,1-2H3,(H2,25,28,29,30). The first-order valence-electron chi connectivity index (χ1n) is 9.60. The Labute approximate surface area is 179 Å². The molecule has 0 saturated heterocycles. The van der Waals surface area contributed by atoms with Crippen LogP contribution in [0.25, 0.3) is 21.8 Å². The van der Waals surface area contributed by atoms with E-state index < -0.39 is 11.7 Å². The maximum absolute atomic E-state index is 13.6. The van der Waals surface area contributed by atoms with Gasteiger partial charge >= 0.3 is 6.18 Å². The van der Waals surface area contributed by atoms with Gasteiger partial charge in [0.2, 0.25) is 5.95 Å². The molecule has 0 aliphatic rings. The van der Waals surface area contributed by atoms with E-state index in [0.29, 0.717) is 11.4 Å². The fourth-order valence-electron chi connectivity index (χ4n) is 3.45. The molecule has 3 aromatic heterocycles. The highest BCUT2D eigenvalue weighted by Gasteiger charge is 2.35. The van der Waals surface area contributed by atoms with Gasteiger partial charge in [-0.15, -0.1) is 0 Å². The zero-order valence-corrected chi connectivity index (χ0v) is 17.0. The smallest absolute Gasteiger partial charge is 0.339 e. The molecule has 0 amide bonds. The molecule has 162 valence electrons. The Bertz CT molecular complexity index is 1450. The molecule has 0 fully saturated rings. The number of halogens is 3. The number of alkyl halides is 3. The molecule has 0 aliphatic carbocycles. The average Bonchev–Trinajstić information content (AvgIpc) is 3.30. The van der Waals surface area contributed by atoms with Crippen LogP contribution in [-0.4, -0.2) is 29.5 Å². The highest BCUT2D eigenvalue weighted by molar-refractivity contribution is 5.84. The highest BCUT2D eigenvalue weighted by atomic mass is 19.4. The van der Waals surface area contributed by atoms with Gasteiger partial charge in [0.1, 0.15) is 11.4 Å². The van der Waals surface area contributed by atoms with Crippen LogP contribution >= 0.6 is 0 Å². The number of aromatic nitrogens is 6. The molecule has 0 spiro atoms. The number of hydrogen-bond acceptors (Lipinski definition) is 6. The molecule has 8 nitrogen and oxygen atoms in total. The summed E-state index contributed by atoms with van der Waals surface area (Å²) in [5.74, 6) is -0.318. The van der Waals surface area contributed by atoms with Crippen LogP contribution < -0.4 is 10.6 Å². The van der Waals surface area contributed by atoms with Gasteiger partial charge in [0.15, 0.2) is 0 Å². The molecule has 2 N–H and O–H groups in total. The molecular formula is C21H17F3N8. The Morgan fingerprint density at radius 3 is 1.91 bits per heavy atom. The maximum Gasteiger partial charge on any atom is 0.421 e. The number of nitrogens with zero attached hydrogens (tertiary/aromatic N) is 6. The number of benzene rings is 2. The number of fused-ring (bicyclic) bond motifs is 2. The Morgan fingerprint density at radius 2 is 1.34 bits per heavy atom. The zero-order valence-electron chi connectivity index (χ0n) is 17.0. The van der Waals surface area contributed by atoms with Gasteiger partial charge in [-0.3, -0.25) is 9.36 Å². The van der Waals surface area contributed by atoms with E-state index in [4.69, 9.17) is 0 Å². The summed E-state index contributed by atoms with van der Waals surface area (Å²) in [6.45, 7) is 0. The third-order valence-corrected chi connectivity index (χ3v) is 5.11. The van der Waals surface area contributed by atoms with E-state index >= 15 is 0 Å². The number of hydrogen-bond donors (Lipinski definition) is 2. The summed E-state index contributed by atoms with van der Waals surface area (Å²) in [5.41, 5.74) is 1.76. The van der Waals surface area contributed by atoms with Crippen LogP contribution in [0.4, 0.5) is 36.3 Å². The van der Waals surface area contributed by atoms with Crippen molar-refractivity contribution in [3.8, 4) is 0 Å². The number of anilines is 4. The first-order valence-corrected chi connectivity index (χ1v) is 9.60. The lowest BCUT2D eigenvalue weighted by atomic mass is 10.2. The lowest BCUT2D eigenvalue weighted by Gasteiger charge is -2.15. The summed E-state index contributed by atoms with van der Waals surface area (Å²) in [5, 5.41) is 15.9. The van der Waals surface area contributed by atoms with E-state index in [1.165, 1.54) is 0 Å². The zero-order chi connectivity index (χ0) is 22.5. The highest BCUT2D eigenvalue weighted by Crippen LogP contribution is 2.36. The van der Waals surface area contributed by atoms with Gasteiger partial charge in [0, 0.05) is 42.4 Å². The summed E-state index contributed by atoms with van der Waals surface area (Å²) in [6, 6.07) is 10.6. The minimum Gasteiger partial charge on any atom is -0.339 e. The minimum atomic E-state index is -4.62. The van der Waals surface area contributed by atoms with Crippen molar-refractivity contribution in [1.29, 1.82) is 0 Å². The van der Waals surface area contributed by atoms with Gasteiger partial charge in [0.05, 0.1) is 23.4 Å². The van der Waals surface area contributed by atoms with E-state index in [2.05, 4.69) is 30.8 Å². The minimum absolute atomic E-state index is 0.0311. The maximum atomic E-state index is 13.6. The van der Waals surface area contributed by atoms with Crippen LogP contribution in [0.3, 0.4) is 0 Å². The van der Waals surface area contributed by atoms with Crippen molar-refractivity contribution >= 4 is 44.9 Å². The van der Waals surface area contributed by atoms with Gasteiger partial charge in [-0.1, -0.05) is 0 Å². The van der Waals surface area contributed by atoms with Crippen molar-refractivity contribution < 1.29 is 13.2 Å². The Balaban J connectivity index is 1.51. The summed E-state index contributed by atoms with van der Waals surface area (Å²) in [4.78, 5) is 7.98. The molecule has 5 rings (SSSR count). The monoisotopic (exact) mass is 438 g/mol. The quantitative estimate of drug-likeness (QED) is 0.421. The first kappa shape index (κ1) is 19.8. The molecule has 0 bridgehead atoms. The molecule has 3 heterocycles. The van der Waals surface area contributed by atoms with Crippen LogP contribution in [-0.2, 0) is 20.3 Å². The molecule has 0 unspecified atom stereocenters. The molecule has 0 saturated carbocycles. The number of rotatable bonds is 4. The second-order valence-corrected chi connectivity index (χ2v) is 7.29. The van der Waals surface area contributed by atoms with Crippen LogP contribution in [0, 0.1) is 0 Å². The van der Waals surface area contributed by atoms with E-state index in [1.54, 1.807) is 53.1 Å². The number of nitrogens with one attached hydrogen (secondary N) is 2. The van der Waals surface area contributed by atoms with E-state index in [1.807, 2.05) is 19.2 Å². The van der Waals surface area contributed by atoms with Crippen molar-refractivity contribution in [2.45, 2.75) is 6.18 Å². The van der Waals surface area contributed by atoms with Crippen molar-refractivity contribution in [2.75, 3.05) is 10.6 Å². The molecule has 0 aliphatic heterocycles. The van der Waals surface area contributed by atoms with Crippen LogP contribution in [0.1, 0.15) is 5.56 Å². The topological polar surface area (TPSA) is 85.5 Å². The van der Waals surface area contributed by atoms with Crippen molar-refractivity contribution in [3.63, 3.8) is 0 Å². The molecule has 0 radical (unpaired) electrons. The normalized spacial score (nSPS) is 11.9. The second kappa shape index (κ2) is 7.22. The Kier molecular flexibility index (Phi) is 4.47. The predicted octanol–water partition coefficient (Wildman–Crippen LogP) is 4.76. The van der Waals surface area contributed by atoms with Crippen molar-refractivity contribution in [3.05, 3.63) is 60.6 Å².